The van der Waals surface area contributed by atoms with E-state index in [0.29, 0.717) is 0 Å². The van der Waals surface area contributed by atoms with Crippen LogP contribution >= 0.6 is 0 Å². The van der Waals surface area contributed by atoms with Gasteiger partial charge < -0.3 is 10.1 Å². The summed E-state index contributed by atoms with van der Waals surface area (Å²) >= 11 is 0. The number of carbonyl (C=O) groups excluding carboxylic acids is 1. The SMILES string of the molecule is O=C1Nc2ccccc2CCC1N1CCC(CCCN2CCOCC2)CC1. The number of benzene rings is 1. The number of morpholine rings is 1. The van der Waals surface area contributed by atoms with Crippen LogP contribution in [-0.2, 0) is 16.0 Å². The van der Waals surface area contributed by atoms with Gasteiger partial charge in [0.25, 0.3) is 0 Å². The molecule has 2 fully saturated rings. The number of hydrogen-bond donors (Lipinski definition) is 1. The van der Waals surface area contributed by atoms with Crippen molar-refractivity contribution >= 4 is 11.6 Å². The van der Waals surface area contributed by atoms with Crippen LogP contribution in [-0.4, -0.2) is 67.7 Å². The zero-order chi connectivity index (χ0) is 18.5. The summed E-state index contributed by atoms with van der Waals surface area (Å²) in [6, 6.07) is 8.26. The number of piperidine rings is 1. The second kappa shape index (κ2) is 9.18. The van der Waals surface area contributed by atoms with E-state index >= 15 is 0 Å². The Hall–Kier alpha value is -1.43. The minimum atomic E-state index is 0.0340. The van der Waals surface area contributed by atoms with Crippen molar-refractivity contribution in [1.29, 1.82) is 0 Å². The van der Waals surface area contributed by atoms with Crippen LogP contribution in [0.1, 0.15) is 37.7 Å². The van der Waals surface area contributed by atoms with E-state index in [1.807, 2.05) is 12.1 Å². The molecule has 1 amide bonds. The summed E-state index contributed by atoms with van der Waals surface area (Å²) in [5.41, 5.74) is 2.27. The Labute approximate surface area is 163 Å². The molecule has 1 N–H and O–H groups in total. The molecule has 2 saturated heterocycles. The number of nitrogens with zero attached hydrogens (tertiary/aromatic N) is 2. The van der Waals surface area contributed by atoms with Crippen LogP contribution in [0.5, 0.6) is 0 Å². The third-order valence-corrected chi connectivity index (χ3v) is 6.55. The molecule has 0 aliphatic carbocycles. The molecule has 5 heteroatoms. The number of nitrogens with one attached hydrogen (secondary N) is 1. The summed E-state index contributed by atoms with van der Waals surface area (Å²) in [5, 5.41) is 3.16. The number of hydrogen-bond acceptors (Lipinski definition) is 4. The summed E-state index contributed by atoms with van der Waals surface area (Å²) < 4.78 is 5.42. The third-order valence-electron chi connectivity index (χ3n) is 6.55. The number of anilines is 1. The lowest BCUT2D eigenvalue weighted by Gasteiger charge is -2.36. The van der Waals surface area contributed by atoms with Crippen LogP contribution in [0.3, 0.4) is 0 Å². The zero-order valence-corrected chi connectivity index (χ0v) is 16.4. The Morgan fingerprint density at radius 1 is 1.04 bits per heavy atom. The average Bonchev–Trinajstić information content (AvgIpc) is 2.88. The van der Waals surface area contributed by atoms with Gasteiger partial charge in [0.15, 0.2) is 0 Å². The Morgan fingerprint density at radius 3 is 2.63 bits per heavy atom. The highest BCUT2D eigenvalue weighted by molar-refractivity contribution is 5.96. The van der Waals surface area contributed by atoms with E-state index in [2.05, 4.69) is 27.2 Å². The lowest BCUT2D eigenvalue weighted by molar-refractivity contribution is -0.122. The number of likely N-dealkylation sites (tertiary alicyclic amines) is 1. The zero-order valence-electron chi connectivity index (χ0n) is 16.4. The first-order chi connectivity index (χ1) is 13.3. The van der Waals surface area contributed by atoms with Crippen LogP contribution in [0.15, 0.2) is 24.3 Å². The molecule has 1 aromatic carbocycles. The fourth-order valence-electron chi connectivity index (χ4n) is 4.83. The van der Waals surface area contributed by atoms with Gasteiger partial charge in [-0.3, -0.25) is 14.6 Å². The van der Waals surface area contributed by atoms with Crippen LogP contribution in [0.25, 0.3) is 0 Å². The van der Waals surface area contributed by atoms with Crippen molar-refractivity contribution in [2.24, 2.45) is 5.92 Å². The largest absolute Gasteiger partial charge is 0.379 e. The minimum absolute atomic E-state index is 0.0340. The van der Waals surface area contributed by atoms with E-state index in [0.717, 1.165) is 63.8 Å². The summed E-state index contributed by atoms with van der Waals surface area (Å²) in [5.74, 6) is 1.01. The van der Waals surface area contributed by atoms with Crippen molar-refractivity contribution in [3.05, 3.63) is 29.8 Å². The monoisotopic (exact) mass is 371 g/mol. The molecule has 3 heterocycles. The number of carbonyl (C=O) groups is 1. The Balaban J connectivity index is 1.21. The van der Waals surface area contributed by atoms with E-state index < -0.39 is 0 Å². The molecule has 1 aromatic rings. The highest BCUT2D eigenvalue weighted by Gasteiger charge is 2.31. The Morgan fingerprint density at radius 2 is 1.81 bits per heavy atom. The van der Waals surface area contributed by atoms with Crippen LogP contribution in [0.2, 0.25) is 0 Å². The second-order valence-electron chi connectivity index (χ2n) is 8.28. The smallest absolute Gasteiger partial charge is 0.241 e. The van der Waals surface area contributed by atoms with Gasteiger partial charge in [0.05, 0.1) is 19.3 Å². The van der Waals surface area contributed by atoms with Crippen LogP contribution in [0.4, 0.5) is 5.69 Å². The summed E-state index contributed by atoms with van der Waals surface area (Å²) in [7, 11) is 0. The molecule has 4 rings (SSSR count). The van der Waals surface area contributed by atoms with E-state index in [9.17, 15) is 4.79 Å². The Bertz CT molecular complexity index is 622. The van der Waals surface area contributed by atoms with Gasteiger partial charge in [-0.15, -0.1) is 0 Å². The molecule has 3 aliphatic rings. The molecule has 1 atom stereocenters. The first-order valence-electron chi connectivity index (χ1n) is 10.7. The molecule has 3 aliphatic heterocycles. The standard InChI is InChI=1S/C22H33N3O2/c26-22-21(8-7-19-5-1-2-6-20(19)23-22)25-12-9-18(10-13-25)4-3-11-24-14-16-27-17-15-24/h1-2,5-6,18,21H,3-4,7-17H2,(H,23,26). The lowest BCUT2D eigenvalue weighted by atomic mass is 9.90. The van der Waals surface area contributed by atoms with Gasteiger partial charge >= 0.3 is 0 Å². The van der Waals surface area contributed by atoms with E-state index in [-0.39, 0.29) is 11.9 Å². The van der Waals surface area contributed by atoms with Crippen molar-refractivity contribution in [2.75, 3.05) is 51.3 Å². The summed E-state index contributed by atoms with van der Waals surface area (Å²) in [6.07, 6.45) is 7.01. The third kappa shape index (κ3) is 4.89. The maximum atomic E-state index is 12.7. The van der Waals surface area contributed by atoms with Gasteiger partial charge in [0.2, 0.25) is 5.91 Å². The number of para-hydroxylation sites is 1. The lowest BCUT2D eigenvalue weighted by Crippen LogP contribution is -2.47. The number of aryl methyl sites for hydroxylation is 1. The van der Waals surface area contributed by atoms with E-state index in [4.69, 9.17) is 4.74 Å². The van der Waals surface area contributed by atoms with Crippen molar-refractivity contribution in [3.63, 3.8) is 0 Å². The molecular formula is C22H33N3O2. The average molecular weight is 372 g/mol. The maximum Gasteiger partial charge on any atom is 0.241 e. The van der Waals surface area contributed by atoms with Crippen molar-refractivity contribution in [2.45, 2.75) is 44.6 Å². The van der Waals surface area contributed by atoms with Crippen molar-refractivity contribution in [1.82, 2.24) is 9.80 Å². The highest BCUT2D eigenvalue weighted by atomic mass is 16.5. The molecule has 0 bridgehead atoms. The van der Waals surface area contributed by atoms with Crippen molar-refractivity contribution < 1.29 is 9.53 Å². The van der Waals surface area contributed by atoms with Crippen molar-refractivity contribution in [3.8, 4) is 0 Å². The summed E-state index contributed by atoms with van der Waals surface area (Å²) in [6.45, 7) is 7.33. The number of amides is 1. The van der Waals surface area contributed by atoms with Gasteiger partial charge in [0, 0.05) is 18.8 Å². The number of rotatable bonds is 5. The predicted octanol–water partition coefficient (Wildman–Crippen LogP) is 2.76. The Kier molecular flexibility index (Phi) is 6.43. The molecule has 0 saturated carbocycles. The molecule has 1 unspecified atom stereocenters. The van der Waals surface area contributed by atoms with Gasteiger partial charge in [-0.05, 0) is 75.7 Å². The van der Waals surface area contributed by atoms with E-state index in [1.165, 1.54) is 37.8 Å². The quantitative estimate of drug-likeness (QED) is 0.864. The molecule has 0 aromatic heterocycles. The van der Waals surface area contributed by atoms with Gasteiger partial charge in [0.1, 0.15) is 0 Å². The molecular weight excluding hydrogens is 338 g/mol. The molecule has 0 spiro atoms. The topological polar surface area (TPSA) is 44.8 Å². The fourth-order valence-corrected chi connectivity index (χ4v) is 4.83. The fraction of sp³-hybridized carbons (Fsp3) is 0.682. The van der Waals surface area contributed by atoms with Crippen LogP contribution < -0.4 is 5.32 Å². The first kappa shape index (κ1) is 18.9. The summed E-state index contributed by atoms with van der Waals surface area (Å²) in [4.78, 5) is 17.7. The number of ether oxygens (including phenoxy) is 1. The second-order valence-corrected chi connectivity index (χ2v) is 8.28. The predicted molar refractivity (Wildman–Crippen MR) is 108 cm³/mol. The van der Waals surface area contributed by atoms with Gasteiger partial charge in [-0.2, -0.15) is 0 Å². The first-order valence-corrected chi connectivity index (χ1v) is 10.7. The van der Waals surface area contributed by atoms with E-state index in [1.54, 1.807) is 0 Å². The van der Waals surface area contributed by atoms with Gasteiger partial charge in [-0.25, -0.2) is 0 Å². The van der Waals surface area contributed by atoms with Gasteiger partial charge in [-0.1, -0.05) is 18.2 Å². The van der Waals surface area contributed by atoms with Crippen LogP contribution in [0, 0.1) is 5.92 Å². The minimum Gasteiger partial charge on any atom is -0.379 e. The number of fused-ring (bicyclic) bond motifs is 1. The molecule has 148 valence electrons. The molecule has 5 nitrogen and oxygen atoms in total. The normalized spacial score (nSPS) is 25.6. The molecule has 27 heavy (non-hydrogen) atoms. The molecule has 0 radical (unpaired) electrons. The highest BCUT2D eigenvalue weighted by Crippen LogP contribution is 2.28. The maximum absolute atomic E-state index is 12.7.